The predicted molar refractivity (Wildman–Crippen MR) is 103 cm³/mol. The van der Waals surface area contributed by atoms with Crippen LogP contribution in [0.5, 0.6) is 5.88 Å². The number of aromatic nitrogens is 4. The lowest BCUT2D eigenvalue weighted by Gasteiger charge is -2.32. The fourth-order valence-electron chi connectivity index (χ4n) is 2.90. The highest BCUT2D eigenvalue weighted by molar-refractivity contribution is 5.39. The highest BCUT2D eigenvalue weighted by Crippen LogP contribution is 2.24. The molecule has 2 aromatic rings. The van der Waals surface area contributed by atoms with E-state index in [4.69, 9.17) is 9.72 Å². The molecule has 7 heteroatoms. The number of ether oxygens (including phenoxy) is 1. The molecule has 0 aliphatic carbocycles. The van der Waals surface area contributed by atoms with Crippen molar-refractivity contribution in [1.29, 1.82) is 0 Å². The van der Waals surface area contributed by atoms with Crippen LogP contribution in [-0.2, 0) is 0 Å². The second-order valence-electron chi connectivity index (χ2n) is 7.25. The van der Waals surface area contributed by atoms with Crippen LogP contribution in [0.1, 0.15) is 38.4 Å². The maximum atomic E-state index is 5.81. The minimum Gasteiger partial charge on any atom is -0.477 e. The van der Waals surface area contributed by atoms with E-state index >= 15 is 0 Å². The number of piperidine rings is 1. The van der Waals surface area contributed by atoms with E-state index in [0.717, 1.165) is 43.7 Å². The number of hydrogen-bond donors (Lipinski definition) is 0. The van der Waals surface area contributed by atoms with Gasteiger partial charge in [0, 0.05) is 45.4 Å². The lowest BCUT2D eigenvalue weighted by Crippen LogP contribution is -2.37. The smallest absolute Gasteiger partial charge is 0.230 e. The van der Waals surface area contributed by atoms with Gasteiger partial charge in [-0.1, -0.05) is 19.9 Å². The average Bonchev–Trinajstić information content (AvgIpc) is 2.67. The van der Waals surface area contributed by atoms with Gasteiger partial charge in [-0.3, -0.25) is 0 Å². The quantitative estimate of drug-likeness (QED) is 0.788. The van der Waals surface area contributed by atoms with Crippen molar-refractivity contribution in [2.24, 2.45) is 5.92 Å². The van der Waals surface area contributed by atoms with Gasteiger partial charge in [-0.15, -0.1) is 0 Å². The molecular formula is C19H28N6O. The Balaban J connectivity index is 1.60. The van der Waals surface area contributed by atoms with E-state index in [0.29, 0.717) is 18.4 Å². The van der Waals surface area contributed by atoms with Crippen molar-refractivity contribution in [3.8, 4) is 5.88 Å². The number of rotatable bonds is 6. The van der Waals surface area contributed by atoms with E-state index in [1.165, 1.54) is 0 Å². The van der Waals surface area contributed by atoms with E-state index in [9.17, 15) is 0 Å². The molecule has 0 N–H and O–H groups in total. The van der Waals surface area contributed by atoms with Crippen LogP contribution < -0.4 is 14.5 Å². The van der Waals surface area contributed by atoms with Crippen molar-refractivity contribution < 1.29 is 4.74 Å². The Morgan fingerprint density at radius 2 is 1.92 bits per heavy atom. The van der Waals surface area contributed by atoms with Crippen molar-refractivity contribution in [2.75, 3.05) is 43.6 Å². The van der Waals surface area contributed by atoms with Gasteiger partial charge in [-0.25, -0.2) is 4.98 Å². The molecule has 3 rings (SSSR count). The summed E-state index contributed by atoms with van der Waals surface area (Å²) in [6, 6.07) is 5.74. The molecule has 0 spiro atoms. The van der Waals surface area contributed by atoms with E-state index in [-0.39, 0.29) is 5.92 Å². The zero-order valence-electron chi connectivity index (χ0n) is 16.1. The zero-order valence-corrected chi connectivity index (χ0v) is 16.1. The van der Waals surface area contributed by atoms with Gasteiger partial charge in [0.25, 0.3) is 0 Å². The summed E-state index contributed by atoms with van der Waals surface area (Å²) >= 11 is 0. The van der Waals surface area contributed by atoms with Gasteiger partial charge in [0.1, 0.15) is 5.82 Å². The third kappa shape index (κ3) is 4.59. The lowest BCUT2D eigenvalue weighted by molar-refractivity contribution is 0.215. The molecule has 1 fully saturated rings. The van der Waals surface area contributed by atoms with Gasteiger partial charge in [-0.2, -0.15) is 15.0 Å². The number of anilines is 2. The Kier molecular flexibility index (Phi) is 5.85. The van der Waals surface area contributed by atoms with Crippen LogP contribution >= 0.6 is 0 Å². The second kappa shape index (κ2) is 8.29. The first-order valence-electron chi connectivity index (χ1n) is 9.25. The van der Waals surface area contributed by atoms with Crippen LogP contribution in [0.2, 0.25) is 0 Å². The Bertz CT molecular complexity index is 672. The lowest BCUT2D eigenvalue weighted by atomic mass is 9.98. The normalized spacial score (nSPS) is 15.3. The Labute approximate surface area is 155 Å². The molecule has 7 nitrogen and oxygen atoms in total. The first-order valence-corrected chi connectivity index (χ1v) is 9.25. The summed E-state index contributed by atoms with van der Waals surface area (Å²) in [4.78, 5) is 22.3. The molecule has 1 aliphatic rings. The first-order chi connectivity index (χ1) is 12.5. The topological polar surface area (TPSA) is 67.3 Å². The molecular weight excluding hydrogens is 328 g/mol. The minimum absolute atomic E-state index is 0.278. The van der Waals surface area contributed by atoms with E-state index in [1.54, 1.807) is 6.20 Å². The van der Waals surface area contributed by atoms with Crippen molar-refractivity contribution in [3.05, 3.63) is 30.2 Å². The van der Waals surface area contributed by atoms with Crippen LogP contribution in [0.4, 0.5) is 11.9 Å². The van der Waals surface area contributed by atoms with Crippen molar-refractivity contribution in [2.45, 2.75) is 32.6 Å². The maximum absolute atomic E-state index is 5.81. The van der Waals surface area contributed by atoms with E-state index < -0.39 is 0 Å². The highest BCUT2D eigenvalue weighted by atomic mass is 16.5. The molecule has 0 saturated carbocycles. The van der Waals surface area contributed by atoms with Gasteiger partial charge in [-0.05, 0) is 24.8 Å². The summed E-state index contributed by atoms with van der Waals surface area (Å²) < 4.78 is 5.81. The second-order valence-corrected chi connectivity index (χ2v) is 7.25. The van der Waals surface area contributed by atoms with Crippen LogP contribution in [-0.4, -0.2) is 53.7 Å². The predicted octanol–water partition coefficient (Wildman–Crippen LogP) is 2.75. The largest absolute Gasteiger partial charge is 0.477 e. The fraction of sp³-hybridized carbons (Fsp3) is 0.579. The molecule has 0 unspecified atom stereocenters. The molecule has 0 amide bonds. The Morgan fingerprint density at radius 3 is 2.54 bits per heavy atom. The summed E-state index contributed by atoms with van der Waals surface area (Å²) in [6.45, 7) is 6.80. The molecule has 26 heavy (non-hydrogen) atoms. The van der Waals surface area contributed by atoms with E-state index in [2.05, 4.69) is 33.7 Å². The van der Waals surface area contributed by atoms with Gasteiger partial charge >= 0.3 is 0 Å². The molecule has 0 atom stereocenters. The third-order valence-corrected chi connectivity index (χ3v) is 4.55. The van der Waals surface area contributed by atoms with Crippen molar-refractivity contribution >= 4 is 11.9 Å². The number of pyridine rings is 1. The summed E-state index contributed by atoms with van der Waals surface area (Å²) in [7, 11) is 3.93. The molecule has 1 saturated heterocycles. The molecule has 3 heterocycles. The maximum Gasteiger partial charge on any atom is 0.230 e. The molecule has 0 bridgehead atoms. The van der Waals surface area contributed by atoms with Crippen molar-refractivity contribution in [3.63, 3.8) is 0 Å². The highest BCUT2D eigenvalue weighted by Gasteiger charge is 2.23. The monoisotopic (exact) mass is 356 g/mol. The van der Waals surface area contributed by atoms with Gasteiger partial charge in [0.15, 0.2) is 0 Å². The summed E-state index contributed by atoms with van der Waals surface area (Å²) in [5.41, 5.74) is 0. The summed E-state index contributed by atoms with van der Waals surface area (Å²) in [5, 5.41) is 0. The minimum atomic E-state index is 0.278. The Hall–Kier alpha value is -2.44. The van der Waals surface area contributed by atoms with Crippen LogP contribution in [0.3, 0.4) is 0 Å². The van der Waals surface area contributed by atoms with Crippen LogP contribution in [0, 0.1) is 5.92 Å². The van der Waals surface area contributed by atoms with E-state index in [1.807, 2.05) is 37.2 Å². The fourth-order valence-corrected chi connectivity index (χ4v) is 2.90. The summed E-state index contributed by atoms with van der Waals surface area (Å²) in [6.07, 6.45) is 3.88. The SMILES string of the molecule is CC(C)c1nc(N(C)C)nc(N2CCC(COc3ccccn3)CC2)n1. The molecule has 0 aromatic carbocycles. The zero-order chi connectivity index (χ0) is 18.5. The van der Waals surface area contributed by atoms with Gasteiger partial charge in [0.05, 0.1) is 6.61 Å². The Morgan fingerprint density at radius 1 is 1.15 bits per heavy atom. The van der Waals surface area contributed by atoms with Gasteiger partial charge in [0.2, 0.25) is 17.8 Å². The molecule has 2 aromatic heterocycles. The number of nitrogens with zero attached hydrogens (tertiary/aromatic N) is 6. The van der Waals surface area contributed by atoms with Crippen molar-refractivity contribution in [1.82, 2.24) is 19.9 Å². The standard InChI is InChI=1S/C19H28N6O/c1-14(2)17-21-18(24(3)4)23-19(22-17)25-11-8-15(9-12-25)13-26-16-7-5-6-10-20-16/h5-7,10,14-15H,8-9,11-13H2,1-4H3. The molecule has 1 aliphatic heterocycles. The average molecular weight is 356 g/mol. The van der Waals surface area contributed by atoms with Crippen LogP contribution in [0.25, 0.3) is 0 Å². The first kappa shape index (κ1) is 18.4. The third-order valence-electron chi connectivity index (χ3n) is 4.55. The van der Waals surface area contributed by atoms with Gasteiger partial charge < -0.3 is 14.5 Å². The van der Waals surface area contributed by atoms with Crippen LogP contribution in [0.15, 0.2) is 24.4 Å². The summed E-state index contributed by atoms with van der Waals surface area (Å²) in [5.74, 6) is 3.87. The molecule has 140 valence electrons. The molecule has 0 radical (unpaired) electrons. The number of hydrogen-bond acceptors (Lipinski definition) is 7.